The fourth-order valence-electron chi connectivity index (χ4n) is 4.00. The SMILES string of the molecule is FN1C=C2N(C1)c1ccccc1-c1nnc(-n3cc(C4CCCN4)nn3)n12. The predicted octanol–water partition coefficient (Wildman–Crippen LogP) is 1.68. The molecule has 27 heavy (non-hydrogen) atoms. The summed E-state index contributed by atoms with van der Waals surface area (Å²) < 4.78 is 17.5. The van der Waals surface area contributed by atoms with Crippen LogP contribution in [0.2, 0.25) is 0 Å². The third kappa shape index (κ3) is 2.07. The van der Waals surface area contributed by atoms with Crippen LogP contribution in [0.15, 0.2) is 36.7 Å². The molecule has 0 aliphatic carbocycles. The van der Waals surface area contributed by atoms with Crippen LogP contribution in [0.4, 0.5) is 10.2 Å². The van der Waals surface area contributed by atoms with Crippen molar-refractivity contribution in [3.63, 3.8) is 0 Å². The highest BCUT2D eigenvalue weighted by Crippen LogP contribution is 2.42. The lowest BCUT2D eigenvalue weighted by molar-refractivity contribution is 0.104. The molecule has 3 aliphatic rings. The lowest BCUT2D eigenvalue weighted by atomic mass is 10.1. The summed E-state index contributed by atoms with van der Waals surface area (Å²) >= 11 is 0. The van der Waals surface area contributed by atoms with Gasteiger partial charge in [0.25, 0.3) is 5.95 Å². The number of nitrogens with one attached hydrogen (secondary N) is 1. The number of rotatable bonds is 2. The average Bonchev–Trinajstić information content (AvgIpc) is 3.44. The Morgan fingerprint density at radius 2 is 2.07 bits per heavy atom. The molecule has 6 rings (SSSR count). The van der Waals surface area contributed by atoms with Crippen molar-refractivity contribution in [3.8, 4) is 17.3 Å². The van der Waals surface area contributed by atoms with Crippen molar-refractivity contribution < 1.29 is 4.48 Å². The minimum Gasteiger partial charge on any atom is -0.309 e. The van der Waals surface area contributed by atoms with Crippen molar-refractivity contribution in [2.75, 3.05) is 18.1 Å². The summed E-state index contributed by atoms with van der Waals surface area (Å²) in [6, 6.07) is 8.01. The van der Waals surface area contributed by atoms with Crippen molar-refractivity contribution in [1.82, 2.24) is 40.2 Å². The number of halogens is 1. The topological polar surface area (TPSA) is 79.9 Å². The molecule has 5 heterocycles. The zero-order chi connectivity index (χ0) is 18.0. The van der Waals surface area contributed by atoms with Gasteiger partial charge in [0, 0.05) is 5.56 Å². The van der Waals surface area contributed by atoms with Gasteiger partial charge in [-0.05, 0) is 31.5 Å². The van der Waals surface area contributed by atoms with Gasteiger partial charge in [-0.3, -0.25) is 0 Å². The molecule has 3 aromatic rings. The predicted molar refractivity (Wildman–Crippen MR) is 94.9 cm³/mol. The van der Waals surface area contributed by atoms with Crippen molar-refractivity contribution in [2.24, 2.45) is 0 Å². The molecular formula is C17H16FN9. The van der Waals surface area contributed by atoms with E-state index in [0.29, 0.717) is 22.7 Å². The monoisotopic (exact) mass is 365 g/mol. The van der Waals surface area contributed by atoms with E-state index < -0.39 is 0 Å². The smallest absolute Gasteiger partial charge is 0.259 e. The van der Waals surface area contributed by atoms with Crippen molar-refractivity contribution in [2.45, 2.75) is 18.9 Å². The molecule has 0 bridgehead atoms. The van der Waals surface area contributed by atoms with Crippen molar-refractivity contribution >= 4 is 11.5 Å². The first-order valence-corrected chi connectivity index (χ1v) is 8.92. The zero-order valence-electron chi connectivity index (χ0n) is 14.3. The van der Waals surface area contributed by atoms with Crippen LogP contribution in [0, 0.1) is 0 Å². The van der Waals surface area contributed by atoms with Crippen LogP contribution < -0.4 is 10.2 Å². The first kappa shape index (κ1) is 14.9. The van der Waals surface area contributed by atoms with Gasteiger partial charge in [-0.1, -0.05) is 21.8 Å². The molecule has 2 aromatic heterocycles. The number of para-hydroxylation sites is 1. The highest BCUT2D eigenvalue weighted by molar-refractivity contribution is 5.89. The summed E-state index contributed by atoms with van der Waals surface area (Å²) in [5.41, 5.74) is 2.69. The average molecular weight is 365 g/mol. The van der Waals surface area contributed by atoms with Gasteiger partial charge in [0.15, 0.2) is 5.82 Å². The van der Waals surface area contributed by atoms with Crippen LogP contribution in [0.25, 0.3) is 23.2 Å². The van der Waals surface area contributed by atoms with E-state index >= 15 is 0 Å². The Morgan fingerprint density at radius 1 is 1.15 bits per heavy atom. The zero-order valence-corrected chi connectivity index (χ0v) is 14.3. The Labute approximate surface area is 153 Å². The molecule has 0 spiro atoms. The van der Waals surface area contributed by atoms with E-state index in [9.17, 15) is 4.48 Å². The first-order chi connectivity index (χ1) is 13.3. The normalized spacial score (nSPS) is 20.5. The first-order valence-electron chi connectivity index (χ1n) is 8.92. The molecule has 1 atom stereocenters. The fourth-order valence-corrected chi connectivity index (χ4v) is 4.00. The van der Waals surface area contributed by atoms with E-state index in [1.165, 1.54) is 6.20 Å². The lowest BCUT2D eigenvalue weighted by Gasteiger charge is -2.29. The Balaban J connectivity index is 1.51. The van der Waals surface area contributed by atoms with Gasteiger partial charge >= 0.3 is 0 Å². The van der Waals surface area contributed by atoms with E-state index in [2.05, 4.69) is 25.8 Å². The Hall–Kier alpha value is -3.27. The third-order valence-electron chi connectivity index (χ3n) is 5.25. The van der Waals surface area contributed by atoms with Gasteiger partial charge in [0.1, 0.15) is 18.2 Å². The summed E-state index contributed by atoms with van der Waals surface area (Å²) in [7, 11) is 0. The summed E-state index contributed by atoms with van der Waals surface area (Å²) in [5, 5.41) is 21.3. The van der Waals surface area contributed by atoms with Crippen LogP contribution in [-0.2, 0) is 0 Å². The molecule has 0 amide bonds. The van der Waals surface area contributed by atoms with Crippen molar-refractivity contribution in [1.29, 1.82) is 0 Å². The number of nitrogens with zero attached hydrogens (tertiary/aromatic N) is 8. The molecule has 0 radical (unpaired) electrons. The highest BCUT2D eigenvalue weighted by atomic mass is 19.2. The highest BCUT2D eigenvalue weighted by Gasteiger charge is 2.36. The number of hydrogen-bond donors (Lipinski definition) is 1. The largest absolute Gasteiger partial charge is 0.309 e. The molecule has 1 unspecified atom stereocenters. The summed E-state index contributed by atoms with van der Waals surface area (Å²) in [6.07, 6.45) is 5.49. The maximum atomic E-state index is 14.1. The summed E-state index contributed by atoms with van der Waals surface area (Å²) in [6.45, 7) is 1.11. The molecule has 1 N–H and O–H groups in total. The van der Waals surface area contributed by atoms with Gasteiger partial charge in [-0.25, -0.2) is 4.57 Å². The van der Waals surface area contributed by atoms with Crippen LogP contribution >= 0.6 is 0 Å². The Morgan fingerprint density at radius 3 is 2.96 bits per heavy atom. The van der Waals surface area contributed by atoms with Crippen LogP contribution in [0.3, 0.4) is 0 Å². The van der Waals surface area contributed by atoms with Gasteiger partial charge in [0.2, 0.25) is 0 Å². The molecule has 1 aromatic carbocycles. The summed E-state index contributed by atoms with van der Waals surface area (Å²) in [5.74, 6) is 1.81. The molecule has 3 aliphatic heterocycles. The fraction of sp³-hybridized carbons (Fsp3) is 0.294. The van der Waals surface area contributed by atoms with E-state index in [4.69, 9.17) is 0 Å². The number of benzene rings is 1. The van der Waals surface area contributed by atoms with E-state index in [1.54, 1.807) is 4.68 Å². The molecular weight excluding hydrogens is 349 g/mol. The third-order valence-corrected chi connectivity index (χ3v) is 5.25. The van der Waals surface area contributed by atoms with Crippen molar-refractivity contribution in [3.05, 3.63) is 42.4 Å². The number of anilines is 1. The molecule has 1 fully saturated rings. The van der Waals surface area contributed by atoms with Gasteiger partial charge in [-0.2, -0.15) is 9.80 Å². The molecule has 10 heteroatoms. The minimum absolute atomic E-state index is 0.123. The van der Waals surface area contributed by atoms with E-state index in [-0.39, 0.29) is 12.7 Å². The van der Waals surface area contributed by atoms with Crippen LogP contribution in [-0.4, -0.2) is 48.1 Å². The maximum absolute atomic E-state index is 14.1. The minimum atomic E-state index is 0.123. The Bertz CT molecular complexity index is 1060. The van der Waals surface area contributed by atoms with E-state index in [1.807, 2.05) is 39.9 Å². The van der Waals surface area contributed by atoms with Gasteiger partial charge < -0.3 is 10.2 Å². The lowest BCUT2D eigenvalue weighted by Crippen LogP contribution is -2.29. The van der Waals surface area contributed by atoms with E-state index in [0.717, 1.165) is 36.3 Å². The second-order valence-electron chi connectivity index (χ2n) is 6.87. The molecule has 136 valence electrons. The van der Waals surface area contributed by atoms with Crippen LogP contribution in [0.1, 0.15) is 24.6 Å². The number of fused-ring (bicyclic) bond motifs is 6. The molecule has 9 nitrogen and oxygen atoms in total. The quantitative estimate of drug-likeness (QED) is 0.692. The second-order valence-corrected chi connectivity index (χ2v) is 6.87. The molecule has 1 saturated heterocycles. The maximum Gasteiger partial charge on any atom is 0.259 e. The van der Waals surface area contributed by atoms with Gasteiger partial charge in [0.05, 0.1) is 24.1 Å². The number of aromatic nitrogens is 6. The van der Waals surface area contributed by atoms with Gasteiger partial charge in [-0.15, -0.1) is 15.3 Å². The molecule has 0 saturated carbocycles. The number of hydrogen-bond acceptors (Lipinski definition) is 7. The Kier molecular flexibility index (Phi) is 2.95. The summed E-state index contributed by atoms with van der Waals surface area (Å²) in [4.78, 5) is 1.89. The second kappa shape index (κ2) is 5.36. The van der Waals surface area contributed by atoms with Crippen LogP contribution in [0.5, 0.6) is 0 Å². The standard InChI is InChI=1S/C17H16FN9/c18-24-9-15-25(10-24)14-6-2-1-4-11(14)16-21-22-17(27(15)16)26-8-13(20-23-26)12-5-3-7-19-12/h1-2,4,6,8-9,12,19H,3,5,7,10H2.